The minimum Gasteiger partial charge on any atom is -1.00 e. The van der Waals surface area contributed by atoms with E-state index < -0.39 is 59.9 Å². The monoisotopic (exact) mass is 1190 g/mol. The number of likely N-dealkylation sites (tertiary alicyclic amines) is 2. The first kappa shape index (κ1) is 67.7. The summed E-state index contributed by atoms with van der Waals surface area (Å²) in [5.74, 6) is -3.96. The molecule has 2 saturated heterocycles. The van der Waals surface area contributed by atoms with Crippen molar-refractivity contribution >= 4 is 72.0 Å². The van der Waals surface area contributed by atoms with Crippen molar-refractivity contribution in [3.63, 3.8) is 0 Å². The van der Waals surface area contributed by atoms with E-state index in [1.165, 1.54) is 31.1 Å². The average molecular weight is 1190 g/mol. The number of ether oxygens (including phenoxy) is 3. The van der Waals surface area contributed by atoms with E-state index in [2.05, 4.69) is 24.8 Å². The fourth-order valence-corrected chi connectivity index (χ4v) is 9.06. The van der Waals surface area contributed by atoms with Crippen LogP contribution in [-0.2, 0) is 38.8 Å². The Morgan fingerprint density at radius 3 is 1.49 bits per heavy atom. The average Bonchev–Trinajstić information content (AvgIpc) is 3.86. The van der Waals surface area contributed by atoms with Crippen LogP contribution >= 0.6 is 11.6 Å². The number of fused-ring (bicyclic) bond motifs is 2. The number of hydrogen-bond donors (Lipinski definition) is 1. The number of piperidine rings is 2. The van der Waals surface area contributed by atoms with E-state index >= 15 is 0 Å². The molecule has 2 fully saturated rings. The van der Waals surface area contributed by atoms with Crippen LogP contribution in [0.5, 0.6) is 17.4 Å². The smallest absolute Gasteiger partial charge is 1.00 e. The zero-order valence-electron chi connectivity index (χ0n) is 44.8. The molecular weight excluding hydrogens is 1140 g/mol. The number of carbonyl (C=O) groups excluding carboxylic acids is 3. The minimum absolute atomic E-state index is 0. The van der Waals surface area contributed by atoms with Crippen LogP contribution in [0.1, 0.15) is 80.7 Å². The molecule has 2 aliphatic heterocycles. The molecule has 0 saturated carbocycles. The third kappa shape index (κ3) is 19.0. The first-order valence-electron chi connectivity index (χ1n) is 22.6. The second-order valence-corrected chi connectivity index (χ2v) is 23.3. The third-order valence-corrected chi connectivity index (χ3v) is 13.5. The summed E-state index contributed by atoms with van der Waals surface area (Å²) in [7, 11) is -6.99. The van der Waals surface area contributed by atoms with Gasteiger partial charge in [0.25, 0.3) is 6.47 Å². The molecule has 0 radical (unpaired) electrons. The van der Waals surface area contributed by atoms with E-state index in [-0.39, 0.29) is 178 Å². The van der Waals surface area contributed by atoms with Gasteiger partial charge < -0.3 is 49.8 Å². The maximum absolute atomic E-state index is 15.0. The van der Waals surface area contributed by atoms with E-state index in [4.69, 9.17) is 41.0 Å². The van der Waals surface area contributed by atoms with Crippen LogP contribution in [0.15, 0.2) is 71.2 Å². The first-order chi connectivity index (χ1) is 34.9. The fourth-order valence-electron chi connectivity index (χ4n) is 7.58. The minimum atomic E-state index is -3.60. The Morgan fingerprint density at radius 1 is 0.688 bits per heavy atom. The summed E-state index contributed by atoms with van der Waals surface area (Å²) >= 11 is 5.97. The number of nitrogens with zero attached hydrogens (tertiary/aromatic N) is 8. The van der Waals surface area contributed by atoms with Crippen molar-refractivity contribution in [2.24, 2.45) is 0 Å². The number of amides is 2. The third-order valence-electron chi connectivity index (χ3n) is 11.0. The number of phenolic OH excluding ortho intramolecular Hbond substituents is 1. The van der Waals surface area contributed by atoms with E-state index in [1.54, 1.807) is 39.7 Å². The molecule has 30 heteroatoms. The van der Waals surface area contributed by atoms with Crippen molar-refractivity contribution in [2.75, 3.05) is 38.7 Å². The standard InChI is InChI=1S/C23H26F2N4O5S.C16H20ClFN4O2.C7H7FO3S.CH2O3.2K.H/c1-23(2,3)34-22(30)28-9-7-14(8-10-28)29-12-17(25)19-20(29)26-13-27-21(19)33-18-6-5-15(11-16(18)24)35(4,31)32;1-16(2,3)24-15(23)21-6-4-10(5-7-21)22-8-11(18)12-13(17)19-9-20-14(12)22;1-12(10,11)5-2-3-7(9)6(8)4-5;2-1-4-3;;;/h5-6,11-14H,7-10H2,1-4H3;8-10H,4-7H2,1-3H3;2-4,9H,1H3;1,3H;;;/q;;;;2*+1;-1/p-1. The Morgan fingerprint density at radius 2 is 1.09 bits per heavy atom. The van der Waals surface area contributed by atoms with Gasteiger partial charge in [-0.2, -0.15) is 0 Å². The number of phenols is 1. The molecule has 0 atom stereocenters. The molecule has 2 aromatic carbocycles. The van der Waals surface area contributed by atoms with Gasteiger partial charge in [0, 0.05) is 63.2 Å². The predicted octanol–water partition coefficient (Wildman–Crippen LogP) is 1.76. The van der Waals surface area contributed by atoms with Crippen LogP contribution < -0.4 is 113 Å². The second-order valence-electron chi connectivity index (χ2n) is 19.0. The molecule has 2 aliphatic rings. The molecule has 0 spiro atoms. The predicted molar refractivity (Wildman–Crippen MR) is 261 cm³/mol. The number of aromatic hydroxyl groups is 1. The molecule has 0 aliphatic carbocycles. The summed E-state index contributed by atoms with van der Waals surface area (Å²) in [6.45, 7) is 12.7. The topological polar surface area (TPSA) is 268 Å². The van der Waals surface area contributed by atoms with E-state index in [9.17, 15) is 44.0 Å². The van der Waals surface area contributed by atoms with Crippen LogP contribution in [0.3, 0.4) is 0 Å². The van der Waals surface area contributed by atoms with Gasteiger partial charge in [0.2, 0.25) is 5.88 Å². The van der Waals surface area contributed by atoms with Gasteiger partial charge in [-0.1, -0.05) is 11.6 Å². The second kappa shape index (κ2) is 28.7. The van der Waals surface area contributed by atoms with Crippen molar-refractivity contribution in [2.45, 2.75) is 100 Å². The van der Waals surface area contributed by atoms with Crippen molar-refractivity contribution in [3.8, 4) is 17.4 Å². The number of rotatable bonds is 7. The molecule has 0 bridgehead atoms. The number of carbonyl (C=O) groups is 3. The Hall–Kier alpha value is -3.57. The Labute approximate surface area is 533 Å². The van der Waals surface area contributed by atoms with Gasteiger partial charge in [0.1, 0.15) is 40.0 Å². The van der Waals surface area contributed by atoms with Gasteiger partial charge in [-0.3, -0.25) is 4.79 Å². The van der Waals surface area contributed by atoms with Crippen molar-refractivity contribution < 1.29 is 182 Å². The van der Waals surface area contributed by atoms with Crippen LogP contribution in [0, 0.1) is 23.3 Å². The van der Waals surface area contributed by atoms with Crippen molar-refractivity contribution in [1.29, 1.82) is 0 Å². The van der Waals surface area contributed by atoms with Crippen molar-refractivity contribution in [3.05, 3.63) is 89.9 Å². The Bertz CT molecular complexity index is 3270. The van der Waals surface area contributed by atoms with E-state index in [0.717, 1.165) is 42.8 Å². The van der Waals surface area contributed by atoms with Crippen molar-refractivity contribution in [1.82, 2.24) is 38.9 Å². The van der Waals surface area contributed by atoms with Gasteiger partial charge in [-0.05, 0) is 104 Å². The largest absolute Gasteiger partial charge is 1.00 e. The maximum Gasteiger partial charge on any atom is 1.00 e. The van der Waals surface area contributed by atoms with Crippen LogP contribution in [-0.4, -0.2) is 129 Å². The van der Waals surface area contributed by atoms with Crippen LogP contribution in [0.2, 0.25) is 5.15 Å². The Kier molecular flexibility index (Phi) is 25.3. The van der Waals surface area contributed by atoms with E-state index in [0.29, 0.717) is 57.5 Å². The summed E-state index contributed by atoms with van der Waals surface area (Å²) in [6, 6.07) is 6.05. The molecule has 8 rings (SSSR count). The van der Waals surface area contributed by atoms with Gasteiger partial charge in [-0.15, -0.1) is 0 Å². The maximum atomic E-state index is 15.0. The van der Waals surface area contributed by atoms with Gasteiger partial charge in [0.15, 0.2) is 60.1 Å². The molecule has 21 nitrogen and oxygen atoms in total. The van der Waals surface area contributed by atoms with Crippen LogP contribution in [0.25, 0.3) is 22.1 Å². The summed E-state index contributed by atoms with van der Waals surface area (Å²) in [6.07, 6.45) is 8.98. The first-order valence-corrected chi connectivity index (χ1v) is 26.8. The number of halogens is 5. The van der Waals surface area contributed by atoms with E-state index in [1.807, 2.05) is 20.8 Å². The quantitative estimate of drug-likeness (QED) is 0.0596. The molecule has 410 valence electrons. The number of aromatic nitrogens is 6. The molecular formula is C47H55ClF4K2N8O13S2. The van der Waals surface area contributed by atoms with Crippen LogP contribution in [0.4, 0.5) is 27.2 Å². The zero-order valence-corrected chi connectivity index (χ0v) is 52.4. The number of sulfone groups is 2. The molecule has 6 aromatic rings. The normalized spacial score (nSPS) is 14.3. The van der Waals surface area contributed by atoms with Gasteiger partial charge in [-0.25, -0.2) is 63.9 Å². The SMILES string of the molecule is CC(C)(C)OC(=O)N1CCC(n2cc(F)c3c(Cl)ncnc32)CC1.CC(C)(C)OC(=O)N1CCC(n2cc(F)c3c(Oc4ccc(S(C)(=O)=O)cc4F)ncnc32)CC1.CS(=O)(=O)c1ccc(O)c(F)c1.O=CO[O-].[H-].[K+].[K+]. The molecule has 0 unspecified atom stereocenters. The molecule has 6 heterocycles. The summed E-state index contributed by atoms with van der Waals surface area (Å²) in [4.78, 5) is 54.8. The fraction of sp³-hybridized carbons (Fsp3) is 0.426. The molecule has 2 amide bonds. The summed E-state index contributed by atoms with van der Waals surface area (Å²) in [5.41, 5.74) is -0.341. The summed E-state index contributed by atoms with van der Waals surface area (Å²) < 4.78 is 121. The zero-order chi connectivity index (χ0) is 55.8. The molecule has 4 aromatic heterocycles. The number of hydrogen-bond acceptors (Lipinski definition) is 17. The number of benzene rings is 2. The molecule has 1 N–H and O–H groups in total. The van der Waals surface area contributed by atoms with Gasteiger partial charge >= 0.3 is 115 Å². The molecule has 77 heavy (non-hydrogen) atoms. The Balaban J connectivity index is 0.000000418. The van der Waals surface area contributed by atoms with Gasteiger partial charge in [0.05, 0.1) is 15.2 Å². The summed E-state index contributed by atoms with van der Waals surface area (Å²) in [5, 5.41) is 17.5.